The van der Waals surface area contributed by atoms with E-state index in [9.17, 15) is 0 Å². The van der Waals surface area contributed by atoms with Crippen molar-refractivity contribution in [3.8, 4) is 0 Å². The number of halogens is 1. The third kappa shape index (κ3) is 2.82. The molecule has 0 unspecified atom stereocenters. The van der Waals surface area contributed by atoms with Gasteiger partial charge in [-0.2, -0.15) is 4.52 Å². The molecular weight excluding hydrogens is 240 g/mol. The normalized spacial score (nSPS) is 10.9. The van der Waals surface area contributed by atoms with Gasteiger partial charge in [0.05, 0.1) is 12.4 Å². The number of alkyl halides is 1. The Morgan fingerprint density at radius 3 is 3.00 bits per heavy atom. The Bertz CT molecular complexity index is 471. The van der Waals surface area contributed by atoms with Gasteiger partial charge in [0.1, 0.15) is 0 Å². The Morgan fingerprint density at radius 2 is 2.18 bits per heavy atom. The lowest BCUT2D eigenvalue weighted by Crippen LogP contribution is -2.21. The Kier molecular flexibility index (Phi) is 4.08. The number of hydrogen-bond donors (Lipinski definition) is 0. The molecule has 0 aliphatic carbocycles. The van der Waals surface area contributed by atoms with Crippen LogP contribution in [0.1, 0.15) is 19.3 Å². The second kappa shape index (κ2) is 5.77. The van der Waals surface area contributed by atoms with E-state index in [-0.39, 0.29) is 0 Å². The number of fused-ring (bicyclic) bond motifs is 1. The topological polar surface area (TPSA) is 59.2 Å². The number of hydrogen-bond acceptors (Lipinski definition) is 5. The Labute approximate surface area is 105 Å². The molecule has 6 nitrogen and oxygen atoms in total. The van der Waals surface area contributed by atoms with Crippen molar-refractivity contribution in [2.24, 2.45) is 0 Å². The lowest BCUT2D eigenvalue weighted by Gasteiger charge is -2.18. The van der Waals surface area contributed by atoms with Gasteiger partial charge in [0, 0.05) is 19.5 Å². The van der Waals surface area contributed by atoms with E-state index in [1.807, 2.05) is 7.05 Å². The fourth-order valence-corrected chi connectivity index (χ4v) is 1.85. The zero-order valence-corrected chi connectivity index (χ0v) is 10.5. The van der Waals surface area contributed by atoms with E-state index in [4.69, 9.17) is 11.6 Å². The molecule has 0 saturated carbocycles. The van der Waals surface area contributed by atoms with Crippen molar-refractivity contribution >= 4 is 23.1 Å². The van der Waals surface area contributed by atoms with Crippen LogP contribution in [0.5, 0.6) is 0 Å². The summed E-state index contributed by atoms with van der Waals surface area (Å²) in [5.41, 5.74) is 0.662. The molecule has 0 atom stereocenters. The summed E-state index contributed by atoms with van der Waals surface area (Å²) in [6.45, 7) is 0.942. The van der Waals surface area contributed by atoms with Gasteiger partial charge in [-0.3, -0.25) is 4.98 Å². The maximum Gasteiger partial charge on any atom is 0.199 e. The molecule has 2 heterocycles. The summed E-state index contributed by atoms with van der Waals surface area (Å²) in [4.78, 5) is 6.23. The zero-order chi connectivity index (χ0) is 12.1. The SMILES string of the molecule is CN(CCCCCCl)c1cncc2nnnn12. The minimum Gasteiger partial charge on any atom is -0.358 e. The Hall–Kier alpha value is -1.43. The van der Waals surface area contributed by atoms with E-state index in [0.29, 0.717) is 5.65 Å². The van der Waals surface area contributed by atoms with Crippen LogP contribution in [0.15, 0.2) is 12.4 Å². The number of nitrogens with zero attached hydrogens (tertiary/aromatic N) is 6. The summed E-state index contributed by atoms with van der Waals surface area (Å²) >= 11 is 5.64. The van der Waals surface area contributed by atoms with Crippen LogP contribution >= 0.6 is 11.6 Å². The second-order valence-electron chi connectivity index (χ2n) is 3.89. The number of rotatable bonds is 6. The van der Waals surface area contributed by atoms with Gasteiger partial charge in [0.25, 0.3) is 0 Å². The van der Waals surface area contributed by atoms with E-state index in [1.165, 1.54) is 0 Å². The molecule has 17 heavy (non-hydrogen) atoms. The summed E-state index contributed by atoms with van der Waals surface area (Å²) in [6.07, 6.45) is 6.70. The van der Waals surface area contributed by atoms with Crippen LogP contribution in [0.25, 0.3) is 5.65 Å². The third-order valence-electron chi connectivity index (χ3n) is 2.61. The first-order valence-corrected chi connectivity index (χ1v) is 6.15. The lowest BCUT2D eigenvalue weighted by molar-refractivity contribution is 0.692. The third-order valence-corrected chi connectivity index (χ3v) is 2.88. The fraction of sp³-hybridized carbons (Fsp3) is 0.600. The molecule has 0 aliphatic heterocycles. The standard InChI is InChI=1S/C10H15ClN6/c1-16(6-4-2-3-5-11)10-8-12-7-9-13-14-15-17(9)10/h7-8H,2-6H2,1H3. The van der Waals surface area contributed by atoms with Crippen LogP contribution in [-0.4, -0.2) is 44.5 Å². The van der Waals surface area contributed by atoms with Crippen molar-refractivity contribution in [1.82, 2.24) is 25.0 Å². The van der Waals surface area contributed by atoms with Crippen LogP contribution in [-0.2, 0) is 0 Å². The highest BCUT2D eigenvalue weighted by Crippen LogP contribution is 2.12. The number of unbranched alkanes of at least 4 members (excludes halogenated alkanes) is 2. The van der Waals surface area contributed by atoms with Gasteiger partial charge < -0.3 is 4.90 Å². The van der Waals surface area contributed by atoms with Crippen molar-refractivity contribution in [1.29, 1.82) is 0 Å². The fourth-order valence-electron chi connectivity index (χ4n) is 1.66. The van der Waals surface area contributed by atoms with Crippen molar-refractivity contribution in [3.05, 3.63) is 12.4 Å². The highest BCUT2D eigenvalue weighted by atomic mass is 35.5. The molecule has 0 aromatic carbocycles. The highest BCUT2D eigenvalue weighted by molar-refractivity contribution is 6.17. The maximum absolute atomic E-state index is 5.64. The van der Waals surface area contributed by atoms with E-state index in [2.05, 4.69) is 25.4 Å². The quantitative estimate of drug-likeness (QED) is 0.576. The molecule has 0 fully saturated rings. The van der Waals surface area contributed by atoms with Gasteiger partial charge in [-0.25, -0.2) is 0 Å². The van der Waals surface area contributed by atoms with E-state index >= 15 is 0 Å². The minimum atomic E-state index is 0.662. The molecule has 2 rings (SSSR count). The first kappa shape index (κ1) is 12.0. The molecule has 0 amide bonds. The second-order valence-corrected chi connectivity index (χ2v) is 4.26. The van der Waals surface area contributed by atoms with Gasteiger partial charge in [-0.1, -0.05) is 6.42 Å². The van der Waals surface area contributed by atoms with E-state index < -0.39 is 0 Å². The van der Waals surface area contributed by atoms with Gasteiger partial charge in [0.2, 0.25) is 0 Å². The number of anilines is 1. The summed E-state index contributed by atoms with van der Waals surface area (Å²) < 4.78 is 1.69. The van der Waals surface area contributed by atoms with Gasteiger partial charge in [-0.05, 0) is 23.3 Å². The van der Waals surface area contributed by atoms with Gasteiger partial charge in [0.15, 0.2) is 11.5 Å². The first-order valence-electron chi connectivity index (χ1n) is 5.62. The van der Waals surface area contributed by atoms with Gasteiger partial charge in [-0.15, -0.1) is 16.7 Å². The lowest BCUT2D eigenvalue weighted by atomic mass is 10.2. The smallest absolute Gasteiger partial charge is 0.199 e. The van der Waals surface area contributed by atoms with Crippen LogP contribution < -0.4 is 4.90 Å². The average molecular weight is 255 g/mol. The molecular formula is C10H15ClN6. The van der Waals surface area contributed by atoms with Crippen LogP contribution in [0.2, 0.25) is 0 Å². The summed E-state index contributed by atoms with van der Waals surface area (Å²) in [7, 11) is 2.01. The zero-order valence-electron chi connectivity index (χ0n) is 9.75. The minimum absolute atomic E-state index is 0.662. The summed E-state index contributed by atoms with van der Waals surface area (Å²) in [5, 5.41) is 11.4. The van der Waals surface area contributed by atoms with Crippen molar-refractivity contribution < 1.29 is 0 Å². The molecule has 0 saturated heterocycles. The highest BCUT2D eigenvalue weighted by Gasteiger charge is 2.08. The van der Waals surface area contributed by atoms with Crippen LogP contribution in [0, 0.1) is 0 Å². The van der Waals surface area contributed by atoms with Gasteiger partial charge >= 0.3 is 0 Å². The molecule has 92 valence electrons. The Balaban J connectivity index is 2.03. The van der Waals surface area contributed by atoms with Crippen LogP contribution in [0.4, 0.5) is 5.82 Å². The molecule has 0 N–H and O–H groups in total. The van der Waals surface area contributed by atoms with Crippen molar-refractivity contribution in [2.75, 3.05) is 24.4 Å². The molecule has 2 aromatic rings. The largest absolute Gasteiger partial charge is 0.358 e. The number of tetrazole rings is 1. The van der Waals surface area contributed by atoms with E-state index in [0.717, 1.165) is 37.5 Å². The predicted molar refractivity (Wildman–Crippen MR) is 66.4 cm³/mol. The summed E-state index contributed by atoms with van der Waals surface area (Å²) in [6, 6.07) is 0. The van der Waals surface area contributed by atoms with Crippen LogP contribution in [0.3, 0.4) is 0 Å². The summed E-state index contributed by atoms with van der Waals surface area (Å²) in [5.74, 6) is 1.63. The van der Waals surface area contributed by atoms with E-state index in [1.54, 1.807) is 16.9 Å². The van der Waals surface area contributed by atoms with Crippen molar-refractivity contribution in [3.63, 3.8) is 0 Å². The molecule has 0 spiro atoms. The predicted octanol–water partition coefficient (Wildman–Crippen LogP) is 1.36. The molecule has 7 heteroatoms. The average Bonchev–Trinajstić information content (AvgIpc) is 2.82. The monoisotopic (exact) mass is 254 g/mol. The Morgan fingerprint density at radius 1 is 1.29 bits per heavy atom. The number of aromatic nitrogens is 5. The molecule has 2 aromatic heterocycles. The molecule has 0 bridgehead atoms. The first-order chi connectivity index (χ1) is 8.33. The molecule has 0 radical (unpaired) electrons. The van der Waals surface area contributed by atoms with Crippen molar-refractivity contribution in [2.45, 2.75) is 19.3 Å². The molecule has 0 aliphatic rings. The maximum atomic E-state index is 5.64.